The highest BCUT2D eigenvalue weighted by molar-refractivity contribution is 5.80. The van der Waals surface area contributed by atoms with Gasteiger partial charge in [-0.3, -0.25) is 0 Å². The van der Waals surface area contributed by atoms with Crippen molar-refractivity contribution in [2.24, 2.45) is 0 Å². The Morgan fingerprint density at radius 2 is 1.89 bits per heavy atom. The van der Waals surface area contributed by atoms with E-state index in [2.05, 4.69) is 4.74 Å². The van der Waals surface area contributed by atoms with E-state index in [4.69, 9.17) is 5.11 Å². The summed E-state index contributed by atoms with van der Waals surface area (Å²) >= 11 is 0. The summed E-state index contributed by atoms with van der Waals surface area (Å²) in [7, 11) is 0. The van der Waals surface area contributed by atoms with Crippen LogP contribution in [0.4, 0.5) is 13.6 Å². The van der Waals surface area contributed by atoms with Gasteiger partial charge in [0.1, 0.15) is 6.61 Å². The summed E-state index contributed by atoms with van der Waals surface area (Å²) in [6.07, 6.45) is -4.40. The van der Waals surface area contributed by atoms with Crippen LogP contribution in [0.3, 0.4) is 0 Å². The topological polar surface area (TPSA) is 75.6 Å². The summed E-state index contributed by atoms with van der Waals surface area (Å²) in [6.45, 7) is -0.123. The fraction of sp³-hybridized carbons (Fsp3) is 0.273. The summed E-state index contributed by atoms with van der Waals surface area (Å²) < 4.78 is 29.1. The van der Waals surface area contributed by atoms with Gasteiger partial charge >= 0.3 is 12.1 Å². The summed E-state index contributed by atoms with van der Waals surface area (Å²) in [5.74, 6) is -1.82. The van der Waals surface area contributed by atoms with Crippen molar-refractivity contribution < 1.29 is 28.2 Å². The molecule has 1 aromatic rings. The second kappa shape index (κ2) is 6.53. The fourth-order valence-electron chi connectivity index (χ4n) is 1.12. The zero-order valence-corrected chi connectivity index (χ0v) is 9.18. The molecule has 0 radical (unpaired) electrons. The molecule has 18 heavy (non-hydrogen) atoms. The zero-order valence-electron chi connectivity index (χ0n) is 9.18. The van der Waals surface area contributed by atoms with Crippen LogP contribution in [0.5, 0.6) is 0 Å². The number of carboxylic acid groups (broad SMARTS) is 1. The van der Waals surface area contributed by atoms with Crippen molar-refractivity contribution in [3.05, 3.63) is 35.9 Å². The molecule has 0 aliphatic rings. The first-order valence-corrected chi connectivity index (χ1v) is 4.99. The van der Waals surface area contributed by atoms with Gasteiger partial charge in [0.2, 0.25) is 0 Å². The van der Waals surface area contributed by atoms with Crippen LogP contribution in [0.25, 0.3) is 0 Å². The molecule has 1 atom stereocenters. The minimum atomic E-state index is -3.20. The third kappa shape index (κ3) is 4.36. The molecular formula is C11H11F2NO4. The normalized spacial score (nSPS) is 11.9. The van der Waals surface area contributed by atoms with Gasteiger partial charge in [0, 0.05) is 0 Å². The maximum atomic E-state index is 12.2. The van der Waals surface area contributed by atoms with Crippen LogP contribution in [0.2, 0.25) is 0 Å². The van der Waals surface area contributed by atoms with Gasteiger partial charge in [-0.05, 0) is 5.56 Å². The Morgan fingerprint density at radius 1 is 1.28 bits per heavy atom. The molecule has 7 heteroatoms. The van der Waals surface area contributed by atoms with E-state index in [0.29, 0.717) is 5.56 Å². The number of aliphatic carboxylic acids is 1. The molecule has 1 aromatic carbocycles. The van der Waals surface area contributed by atoms with E-state index in [-0.39, 0.29) is 6.61 Å². The van der Waals surface area contributed by atoms with Gasteiger partial charge in [-0.1, -0.05) is 30.3 Å². The molecule has 0 bridgehead atoms. The predicted molar refractivity (Wildman–Crippen MR) is 57.2 cm³/mol. The molecule has 0 saturated heterocycles. The van der Waals surface area contributed by atoms with Crippen LogP contribution in [-0.4, -0.2) is 29.6 Å². The molecule has 98 valence electrons. The number of alkyl halides is 2. The SMILES string of the molecule is O=C(NC(C(=O)O)C(F)F)OCc1ccccc1. The first-order valence-electron chi connectivity index (χ1n) is 4.99. The van der Waals surface area contributed by atoms with Crippen molar-refractivity contribution in [2.75, 3.05) is 0 Å². The van der Waals surface area contributed by atoms with Gasteiger partial charge in [0.25, 0.3) is 6.43 Å². The highest BCUT2D eigenvalue weighted by Gasteiger charge is 2.30. The Kier molecular flexibility index (Phi) is 5.04. The van der Waals surface area contributed by atoms with Gasteiger partial charge in [-0.25, -0.2) is 18.4 Å². The highest BCUT2D eigenvalue weighted by Crippen LogP contribution is 2.03. The van der Waals surface area contributed by atoms with Gasteiger partial charge in [0.15, 0.2) is 6.04 Å². The molecule has 0 fully saturated rings. The minimum Gasteiger partial charge on any atom is -0.480 e. The van der Waals surface area contributed by atoms with Crippen molar-refractivity contribution >= 4 is 12.1 Å². The molecule has 2 N–H and O–H groups in total. The van der Waals surface area contributed by atoms with Crippen molar-refractivity contribution in [2.45, 2.75) is 19.1 Å². The van der Waals surface area contributed by atoms with Gasteiger partial charge in [-0.15, -0.1) is 0 Å². The largest absolute Gasteiger partial charge is 0.480 e. The van der Waals surface area contributed by atoms with Crippen LogP contribution < -0.4 is 5.32 Å². The van der Waals surface area contributed by atoms with E-state index in [1.54, 1.807) is 35.6 Å². The highest BCUT2D eigenvalue weighted by atomic mass is 19.3. The third-order valence-corrected chi connectivity index (χ3v) is 2.00. The third-order valence-electron chi connectivity index (χ3n) is 2.00. The molecule has 1 amide bonds. The van der Waals surface area contributed by atoms with Crippen LogP contribution in [0.15, 0.2) is 30.3 Å². The number of amides is 1. The van der Waals surface area contributed by atoms with Crippen molar-refractivity contribution in [3.63, 3.8) is 0 Å². The first-order chi connectivity index (χ1) is 8.50. The summed E-state index contributed by atoms with van der Waals surface area (Å²) in [5.41, 5.74) is 0.663. The molecular weight excluding hydrogens is 248 g/mol. The molecule has 0 spiro atoms. The lowest BCUT2D eigenvalue weighted by atomic mass is 10.2. The number of alkyl carbamates (subject to hydrolysis) is 1. The quantitative estimate of drug-likeness (QED) is 0.842. The molecule has 0 aliphatic carbocycles. The number of rotatable bonds is 5. The number of hydrogen-bond acceptors (Lipinski definition) is 3. The fourth-order valence-corrected chi connectivity index (χ4v) is 1.12. The van der Waals surface area contributed by atoms with E-state index < -0.39 is 24.5 Å². The Morgan fingerprint density at radius 3 is 2.39 bits per heavy atom. The van der Waals surface area contributed by atoms with E-state index >= 15 is 0 Å². The Bertz CT molecular complexity index is 411. The maximum absolute atomic E-state index is 12.2. The molecule has 0 aromatic heterocycles. The second-order valence-corrected chi connectivity index (χ2v) is 3.36. The minimum absolute atomic E-state index is 0.123. The lowest BCUT2D eigenvalue weighted by molar-refractivity contribution is -0.143. The lowest BCUT2D eigenvalue weighted by Gasteiger charge is -2.13. The smallest absolute Gasteiger partial charge is 0.408 e. The number of carboxylic acids is 1. The van der Waals surface area contributed by atoms with E-state index in [0.717, 1.165) is 0 Å². The number of carbonyl (C=O) groups is 2. The summed E-state index contributed by atoms with van der Waals surface area (Å²) in [6, 6.07) is 6.28. The Balaban J connectivity index is 2.44. The van der Waals surface area contributed by atoms with E-state index in [9.17, 15) is 18.4 Å². The van der Waals surface area contributed by atoms with Crippen LogP contribution in [0.1, 0.15) is 5.56 Å². The number of halogens is 2. The number of benzene rings is 1. The van der Waals surface area contributed by atoms with E-state index in [1.165, 1.54) is 0 Å². The van der Waals surface area contributed by atoms with Crippen LogP contribution in [-0.2, 0) is 16.1 Å². The number of hydrogen-bond donors (Lipinski definition) is 2. The first kappa shape index (κ1) is 13.9. The zero-order chi connectivity index (χ0) is 13.5. The molecule has 5 nitrogen and oxygen atoms in total. The van der Waals surface area contributed by atoms with E-state index in [1.807, 2.05) is 0 Å². The number of carbonyl (C=O) groups excluding carboxylic acids is 1. The van der Waals surface area contributed by atoms with Gasteiger partial charge in [-0.2, -0.15) is 0 Å². The molecule has 0 saturated carbocycles. The summed E-state index contributed by atoms with van der Waals surface area (Å²) in [4.78, 5) is 21.5. The average molecular weight is 259 g/mol. The summed E-state index contributed by atoms with van der Waals surface area (Å²) in [5, 5.41) is 10.0. The second-order valence-electron chi connectivity index (χ2n) is 3.36. The molecule has 0 heterocycles. The molecule has 0 aliphatic heterocycles. The molecule has 1 unspecified atom stereocenters. The van der Waals surface area contributed by atoms with Crippen molar-refractivity contribution in [3.8, 4) is 0 Å². The van der Waals surface area contributed by atoms with Gasteiger partial charge < -0.3 is 15.2 Å². The maximum Gasteiger partial charge on any atom is 0.408 e. The van der Waals surface area contributed by atoms with Crippen LogP contribution in [0, 0.1) is 0 Å². The monoisotopic (exact) mass is 259 g/mol. The van der Waals surface area contributed by atoms with Crippen LogP contribution >= 0.6 is 0 Å². The number of nitrogens with one attached hydrogen (secondary N) is 1. The average Bonchev–Trinajstić information content (AvgIpc) is 2.34. The van der Waals surface area contributed by atoms with Crippen molar-refractivity contribution in [1.82, 2.24) is 5.32 Å². The lowest BCUT2D eigenvalue weighted by Crippen LogP contribution is -2.45. The standard InChI is InChI=1S/C11H11F2NO4/c12-9(13)8(10(15)16)14-11(17)18-6-7-4-2-1-3-5-7/h1-5,8-9H,6H2,(H,14,17)(H,15,16). The molecule has 1 rings (SSSR count). The predicted octanol–water partition coefficient (Wildman–Crippen LogP) is 1.63. The number of ether oxygens (including phenoxy) is 1. The van der Waals surface area contributed by atoms with Gasteiger partial charge in [0.05, 0.1) is 0 Å². The van der Waals surface area contributed by atoms with Crippen molar-refractivity contribution in [1.29, 1.82) is 0 Å². The Hall–Kier alpha value is -2.18. The Labute approximate surface area is 101 Å².